The number of nitrogen functional groups attached to an aromatic ring is 1. The van der Waals surface area contributed by atoms with Gasteiger partial charge in [0.25, 0.3) is 0 Å². The maximum absolute atomic E-state index is 6.58. The first kappa shape index (κ1) is 29.0. The number of rotatable bonds is 7. The largest absolute Gasteiger partial charge is 0.404 e. The van der Waals surface area contributed by atoms with E-state index in [0.717, 1.165) is 58.2 Å². The number of hydrogen-bond acceptors (Lipinski definition) is 2. The van der Waals surface area contributed by atoms with Gasteiger partial charge in [0.2, 0.25) is 0 Å². The van der Waals surface area contributed by atoms with Crippen molar-refractivity contribution in [3.05, 3.63) is 209 Å². The van der Waals surface area contributed by atoms with E-state index in [4.69, 9.17) is 11.5 Å². The molecule has 0 saturated carbocycles. The first-order chi connectivity index (χ1) is 22.6. The van der Waals surface area contributed by atoms with Gasteiger partial charge >= 0.3 is 0 Å². The van der Waals surface area contributed by atoms with Crippen molar-refractivity contribution in [3.8, 4) is 0 Å². The van der Waals surface area contributed by atoms with Gasteiger partial charge < -0.3 is 11.5 Å². The van der Waals surface area contributed by atoms with Crippen LogP contribution in [0.2, 0.25) is 0 Å². The normalized spacial score (nSPS) is 19.2. The molecule has 7 rings (SSSR count). The number of anilines is 1. The van der Waals surface area contributed by atoms with E-state index in [2.05, 4.69) is 116 Å². The van der Waals surface area contributed by atoms with Gasteiger partial charge in [0, 0.05) is 23.0 Å². The molecule has 2 nitrogen and oxygen atoms in total. The van der Waals surface area contributed by atoms with Crippen LogP contribution in [-0.4, -0.2) is 0 Å². The third-order valence-corrected chi connectivity index (χ3v) is 9.55. The molecular formula is C44H36N2. The van der Waals surface area contributed by atoms with Gasteiger partial charge in [0.05, 0.1) is 5.41 Å². The van der Waals surface area contributed by atoms with E-state index in [9.17, 15) is 0 Å². The van der Waals surface area contributed by atoms with Gasteiger partial charge in [-0.1, -0.05) is 140 Å². The summed E-state index contributed by atoms with van der Waals surface area (Å²) in [5, 5.41) is 0. The van der Waals surface area contributed by atoms with Gasteiger partial charge in [-0.25, -0.2) is 0 Å². The van der Waals surface area contributed by atoms with Crippen LogP contribution in [-0.2, 0) is 5.41 Å². The van der Waals surface area contributed by atoms with Crippen molar-refractivity contribution in [2.24, 2.45) is 5.73 Å². The molecule has 0 heterocycles. The van der Waals surface area contributed by atoms with E-state index in [1.807, 2.05) is 30.3 Å². The molecule has 4 aromatic rings. The van der Waals surface area contributed by atoms with Gasteiger partial charge in [0.15, 0.2) is 0 Å². The smallest absolute Gasteiger partial charge is 0.0683 e. The molecular weight excluding hydrogens is 556 g/mol. The third kappa shape index (κ3) is 4.61. The molecule has 4 aromatic carbocycles. The Labute approximate surface area is 272 Å². The van der Waals surface area contributed by atoms with Gasteiger partial charge in [0.1, 0.15) is 0 Å². The third-order valence-electron chi connectivity index (χ3n) is 9.55. The van der Waals surface area contributed by atoms with Crippen LogP contribution in [0.1, 0.15) is 52.6 Å². The summed E-state index contributed by atoms with van der Waals surface area (Å²) in [6.45, 7) is 8.43. The highest BCUT2D eigenvalue weighted by molar-refractivity contribution is 5.96. The summed E-state index contributed by atoms with van der Waals surface area (Å²) in [5.41, 5.74) is 27.9. The molecule has 0 spiro atoms. The molecule has 0 fully saturated rings. The Bertz CT molecular complexity index is 2050. The summed E-state index contributed by atoms with van der Waals surface area (Å²) in [4.78, 5) is 0. The topological polar surface area (TPSA) is 52.0 Å². The summed E-state index contributed by atoms with van der Waals surface area (Å²) in [6, 6.07) is 38.3. The predicted molar refractivity (Wildman–Crippen MR) is 194 cm³/mol. The SMILES string of the molecule is C=Cc1cccc(C(/C=C(/C2=CC=C(C3(c4ccccc4)C4=C(C(=C)CC=C4)c4c#cccc43)CC2)c2ccccc2)=C/N)c1N. The fraction of sp³-hybridized carbons (Fsp3) is 0.0909. The van der Waals surface area contributed by atoms with Crippen molar-refractivity contribution in [3.63, 3.8) is 0 Å². The number of hydrogen-bond donors (Lipinski definition) is 2. The molecule has 0 amide bonds. The number of fused-ring (bicyclic) bond motifs is 2. The zero-order valence-corrected chi connectivity index (χ0v) is 25.9. The molecule has 3 aliphatic rings. The maximum Gasteiger partial charge on any atom is 0.0683 e. The minimum Gasteiger partial charge on any atom is -0.404 e. The van der Waals surface area contributed by atoms with E-state index < -0.39 is 5.41 Å². The molecule has 222 valence electrons. The van der Waals surface area contributed by atoms with Gasteiger partial charge in [-0.3, -0.25) is 0 Å². The Morgan fingerprint density at radius 1 is 0.891 bits per heavy atom. The second-order valence-electron chi connectivity index (χ2n) is 11.9. The minimum absolute atomic E-state index is 0.433. The highest BCUT2D eigenvalue weighted by atomic mass is 14.6. The second kappa shape index (κ2) is 12.0. The lowest BCUT2D eigenvalue weighted by Gasteiger charge is -2.38. The fourth-order valence-corrected chi connectivity index (χ4v) is 7.43. The number of benzene rings is 3. The van der Waals surface area contributed by atoms with E-state index in [1.165, 1.54) is 33.4 Å². The highest BCUT2D eigenvalue weighted by Gasteiger charge is 2.49. The van der Waals surface area contributed by atoms with Crippen LogP contribution in [0.25, 0.3) is 22.8 Å². The van der Waals surface area contributed by atoms with Crippen LogP contribution in [0.3, 0.4) is 0 Å². The first-order valence-corrected chi connectivity index (χ1v) is 15.8. The van der Waals surface area contributed by atoms with Gasteiger partial charge in [-0.2, -0.15) is 0 Å². The van der Waals surface area contributed by atoms with Crippen molar-refractivity contribution in [2.45, 2.75) is 24.7 Å². The molecule has 0 saturated heterocycles. The number of para-hydroxylation sites is 1. The fourth-order valence-electron chi connectivity index (χ4n) is 7.43. The number of allylic oxidation sites excluding steroid dienone is 12. The molecule has 0 radical (unpaired) electrons. The monoisotopic (exact) mass is 592 g/mol. The van der Waals surface area contributed by atoms with Crippen molar-refractivity contribution in [1.82, 2.24) is 0 Å². The average molecular weight is 593 g/mol. The van der Waals surface area contributed by atoms with Crippen LogP contribution >= 0.6 is 0 Å². The lowest BCUT2D eigenvalue weighted by atomic mass is 9.63. The Morgan fingerprint density at radius 3 is 2.39 bits per heavy atom. The standard InChI is InChI=1S/C44H36N2/c1-3-31-17-13-21-37(43(31)46)34(29-45)28-39(32-15-6-4-7-16-32)33-24-26-36(27-25-33)44(35-18-8-5-9-19-35)40-22-11-10-20-38(40)42-30(2)14-12-23-41(42)44/h3-9,11-13,15-19,21-24,26,28-29H,1-2,14,25,27,45-46H2/b34-29+,39-28+. The highest BCUT2D eigenvalue weighted by Crippen LogP contribution is 2.59. The Kier molecular flexibility index (Phi) is 7.53. The summed E-state index contributed by atoms with van der Waals surface area (Å²) in [5.74, 6) is 0. The van der Waals surface area contributed by atoms with Crippen LogP contribution in [0.15, 0.2) is 163 Å². The Morgan fingerprint density at radius 2 is 1.67 bits per heavy atom. The van der Waals surface area contributed by atoms with Crippen molar-refractivity contribution in [2.75, 3.05) is 5.73 Å². The zero-order chi connectivity index (χ0) is 31.7. The van der Waals surface area contributed by atoms with E-state index in [1.54, 1.807) is 12.3 Å². The molecule has 1 unspecified atom stereocenters. The Hall–Kier alpha value is -5.78. The zero-order valence-electron chi connectivity index (χ0n) is 25.9. The second-order valence-corrected chi connectivity index (χ2v) is 11.9. The molecule has 46 heavy (non-hydrogen) atoms. The van der Waals surface area contributed by atoms with Crippen LogP contribution in [0.5, 0.6) is 0 Å². The van der Waals surface area contributed by atoms with Gasteiger partial charge in [-0.05, 0) is 93.2 Å². The predicted octanol–water partition coefficient (Wildman–Crippen LogP) is 9.81. The van der Waals surface area contributed by atoms with Crippen LogP contribution in [0.4, 0.5) is 5.69 Å². The van der Waals surface area contributed by atoms with E-state index >= 15 is 0 Å². The molecule has 0 aromatic heterocycles. The maximum atomic E-state index is 6.58. The van der Waals surface area contributed by atoms with Crippen LogP contribution < -0.4 is 11.5 Å². The van der Waals surface area contributed by atoms with E-state index in [0.29, 0.717) is 5.69 Å². The minimum atomic E-state index is -0.433. The Balaban J connectivity index is 1.41. The summed E-state index contributed by atoms with van der Waals surface area (Å²) in [7, 11) is 0. The molecule has 4 N–H and O–H groups in total. The van der Waals surface area contributed by atoms with Gasteiger partial charge in [-0.15, -0.1) is 0 Å². The van der Waals surface area contributed by atoms with Crippen molar-refractivity contribution >= 4 is 28.5 Å². The summed E-state index contributed by atoms with van der Waals surface area (Å²) in [6.07, 6.45) is 17.4. The molecule has 0 aliphatic heterocycles. The van der Waals surface area contributed by atoms with Crippen molar-refractivity contribution < 1.29 is 0 Å². The molecule has 0 bridgehead atoms. The number of nitrogens with two attached hydrogens (primary N) is 2. The van der Waals surface area contributed by atoms with Crippen molar-refractivity contribution in [1.29, 1.82) is 0 Å². The lowest BCUT2D eigenvalue weighted by molar-refractivity contribution is 0.682. The quantitative estimate of drug-likeness (QED) is 0.166. The first-order valence-electron chi connectivity index (χ1n) is 15.8. The van der Waals surface area contributed by atoms with Crippen LogP contribution in [0, 0.1) is 12.1 Å². The van der Waals surface area contributed by atoms with E-state index in [-0.39, 0.29) is 0 Å². The molecule has 2 heteroatoms. The molecule has 1 atom stereocenters. The summed E-state index contributed by atoms with van der Waals surface area (Å²) >= 11 is 0. The summed E-state index contributed by atoms with van der Waals surface area (Å²) < 4.78 is 0. The average Bonchev–Trinajstić information content (AvgIpc) is 3.42. The molecule has 3 aliphatic carbocycles. The lowest BCUT2D eigenvalue weighted by Crippen LogP contribution is -2.31.